The highest BCUT2D eigenvalue weighted by atomic mass is 19.4. The van der Waals surface area contributed by atoms with Crippen molar-refractivity contribution < 1.29 is 46.6 Å². The summed E-state index contributed by atoms with van der Waals surface area (Å²) in [6.45, 7) is 9.74. The predicted octanol–water partition coefficient (Wildman–Crippen LogP) is 5.95. The van der Waals surface area contributed by atoms with Crippen molar-refractivity contribution in [1.82, 2.24) is 9.80 Å². The fourth-order valence-corrected chi connectivity index (χ4v) is 4.31. The van der Waals surface area contributed by atoms with Gasteiger partial charge >= 0.3 is 24.3 Å². The van der Waals surface area contributed by atoms with E-state index in [2.05, 4.69) is 5.32 Å². The normalized spacial score (nSPS) is 15.9. The number of halogens is 3. The third kappa shape index (κ3) is 8.85. The number of esters is 1. The lowest BCUT2D eigenvalue weighted by atomic mass is 9.98. The van der Waals surface area contributed by atoms with E-state index in [1.54, 1.807) is 41.5 Å². The number of methoxy groups -OCH3 is 1. The molecule has 1 N–H and O–H groups in total. The molecule has 0 spiro atoms. The molecule has 1 aliphatic heterocycles. The lowest BCUT2D eigenvalue weighted by Crippen LogP contribution is -2.60. The summed E-state index contributed by atoms with van der Waals surface area (Å²) in [5.74, 6) is -1.52. The number of nitrogens with one attached hydrogen (secondary N) is 1. The molecule has 234 valence electrons. The molecule has 1 atom stereocenters. The minimum atomic E-state index is -4.59. The number of amides is 3. The Bertz CT molecular complexity index is 1380. The predicted molar refractivity (Wildman–Crippen MR) is 151 cm³/mol. The largest absolute Gasteiger partial charge is 0.467 e. The summed E-state index contributed by atoms with van der Waals surface area (Å²) < 4.78 is 55.9. The van der Waals surface area contributed by atoms with Crippen molar-refractivity contribution in [3.05, 3.63) is 53.6 Å². The Labute approximate surface area is 248 Å². The molecule has 0 unspecified atom stereocenters. The van der Waals surface area contributed by atoms with Crippen molar-refractivity contribution in [3.8, 4) is 11.1 Å². The molecule has 1 fully saturated rings. The molecule has 2 aromatic rings. The minimum Gasteiger partial charge on any atom is -0.467 e. The van der Waals surface area contributed by atoms with Gasteiger partial charge in [-0.2, -0.15) is 13.2 Å². The zero-order chi connectivity index (χ0) is 32.3. The van der Waals surface area contributed by atoms with Gasteiger partial charge in [-0.1, -0.05) is 18.2 Å². The highest BCUT2D eigenvalue weighted by Crippen LogP contribution is 2.34. The average Bonchev–Trinajstić information content (AvgIpc) is 2.89. The molecule has 2 aromatic carbocycles. The van der Waals surface area contributed by atoms with Crippen LogP contribution in [0.4, 0.5) is 28.4 Å². The van der Waals surface area contributed by atoms with Gasteiger partial charge in [0.1, 0.15) is 17.2 Å². The first-order chi connectivity index (χ1) is 19.8. The van der Waals surface area contributed by atoms with Gasteiger partial charge in [-0.25, -0.2) is 14.4 Å². The third-order valence-corrected chi connectivity index (χ3v) is 6.18. The summed E-state index contributed by atoms with van der Waals surface area (Å²) in [6.07, 6.45) is -6.13. The van der Waals surface area contributed by atoms with Gasteiger partial charge in [0.05, 0.1) is 30.5 Å². The summed E-state index contributed by atoms with van der Waals surface area (Å²) in [5, 5.41) is 2.52. The molecule has 10 nitrogen and oxygen atoms in total. The number of carbonyl (C=O) groups excluding carboxylic acids is 4. The van der Waals surface area contributed by atoms with Crippen molar-refractivity contribution in [2.24, 2.45) is 0 Å². The van der Waals surface area contributed by atoms with E-state index in [4.69, 9.17) is 14.2 Å². The molecule has 1 saturated heterocycles. The monoisotopic (exact) mass is 607 g/mol. The van der Waals surface area contributed by atoms with Gasteiger partial charge in [0, 0.05) is 13.1 Å². The topological polar surface area (TPSA) is 114 Å². The Morgan fingerprint density at radius 2 is 1.49 bits per heavy atom. The summed E-state index contributed by atoms with van der Waals surface area (Å²) >= 11 is 0. The number of anilines is 1. The number of nitrogens with zero attached hydrogens (tertiary/aromatic N) is 2. The number of hydrogen-bond acceptors (Lipinski definition) is 7. The molecule has 1 aliphatic rings. The molecule has 0 aromatic heterocycles. The zero-order valence-corrected chi connectivity index (χ0v) is 25.1. The second-order valence-electron chi connectivity index (χ2n) is 11.9. The SMILES string of the molecule is COC(=O)[C@H]1CN(C(=O)OC(C)(C)C)CCN1C(=O)c1cc(-c2cccc(C(F)(F)F)c2)ccc1NC(=O)OC(C)(C)C. The summed E-state index contributed by atoms with van der Waals surface area (Å²) in [5.41, 5.74) is -2.21. The Hall–Kier alpha value is -4.29. The standard InChI is InChI=1S/C30H36F3N3O7/c1-28(2,3)42-26(39)34-22-12-11-19(18-9-8-10-20(15-18)30(31,32)33)16-21(22)24(37)36-14-13-35(17-23(36)25(38)41-7)27(40)43-29(4,5)6/h8-12,15-16,23H,13-14,17H2,1-7H3,(H,34,39)/t23-/m1/s1. The van der Waals surface area contributed by atoms with Gasteiger partial charge in [-0.05, 0) is 76.9 Å². The molecule has 3 rings (SSSR count). The molecular formula is C30H36F3N3O7. The highest BCUT2D eigenvalue weighted by molar-refractivity contribution is 6.05. The lowest BCUT2D eigenvalue weighted by molar-refractivity contribution is -0.148. The smallest absolute Gasteiger partial charge is 0.416 e. The van der Waals surface area contributed by atoms with E-state index in [1.165, 1.54) is 40.1 Å². The number of piperazine rings is 1. The van der Waals surface area contributed by atoms with Gasteiger partial charge in [0.25, 0.3) is 5.91 Å². The maximum atomic E-state index is 14.0. The summed E-state index contributed by atoms with van der Waals surface area (Å²) in [4.78, 5) is 54.7. The van der Waals surface area contributed by atoms with Crippen LogP contribution in [0.1, 0.15) is 57.5 Å². The number of alkyl halides is 3. The number of hydrogen-bond donors (Lipinski definition) is 1. The zero-order valence-electron chi connectivity index (χ0n) is 25.1. The van der Waals surface area contributed by atoms with Crippen LogP contribution < -0.4 is 5.32 Å². The van der Waals surface area contributed by atoms with Gasteiger partial charge in [-0.3, -0.25) is 10.1 Å². The lowest BCUT2D eigenvalue weighted by Gasteiger charge is -2.40. The van der Waals surface area contributed by atoms with E-state index in [0.29, 0.717) is 0 Å². The molecule has 43 heavy (non-hydrogen) atoms. The number of rotatable bonds is 4. The van der Waals surface area contributed by atoms with E-state index in [0.717, 1.165) is 19.2 Å². The average molecular weight is 608 g/mol. The molecule has 0 saturated carbocycles. The molecule has 0 radical (unpaired) electrons. The third-order valence-electron chi connectivity index (χ3n) is 6.18. The van der Waals surface area contributed by atoms with E-state index in [9.17, 15) is 32.3 Å². The minimum absolute atomic E-state index is 0.00756. The van der Waals surface area contributed by atoms with Crippen LogP contribution in [0.5, 0.6) is 0 Å². The van der Waals surface area contributed by atoms with Gasteiger partial charge in [0.15, 0.2) is 0 Å². The van der Waals surface area contributed by atoms with Gasteiger partial charge in [-0.15, -0.1) is 0 Å². The Morgan fingerprint density at radius 3 is 2.07 bits per heavy atom. The second-order valence-corrected chi connectivity index (χ2v) is 11.9. The van der Waals surface area contributed by atoms with Crippen LogP contribution in [-0.4, -0.2) is 77.9 Å². The van der Waals surface area contributed by atoms with Crippen molar-refractivity contribution >= 4 is 29.8 Å². The van der Waals surface area contributed by atoms with Crippen LogP contribution in [0.15, 0.2) is 42.5 Å². The number of ether oxygens (including phenoxy) is 3. The Morgan fingerprint density at radius 1 is 0.860 bits per heavy atom. The molecule has 3 amide bonds. The van der Waals surface area contributed by atoms with E-state index >= 15 is 0 Å². The fraction of sp³-hybridized carbons (Fsp3) is 0.467. The van der Waals surface area contributed by atoms with Crippen LogP contribution in [0.3, 0.4) is 0 Å². The highest BCUT2D eigenvalue weighted by Gasteiger charge is 2.40. The van der Waals surface area contributed by atoms with Crippen molar-refractivity contribution in [3.63, 3.8) is 0 Å². The first kappa shape index (κ1) is 33.2. The number of carbonyl (C=O) groups is 4. The van der Waals surface area contributed by atoms with E-state index in [-0.39, 0.29) is 42.0 Å². The van der Waals surface area contributed by atoms with Crippen molar-refractivity contribution in [1.29, 1.82) is 0 Å². The van der Waals surface area contributed by atoms with Crippen LogP contribution in [0.25, 0.3) is 11.1 Å². The molecule has 1 heterocycles. The maximum absolute atomic E-state index is 14.0. The van der Waals surface area contributed by atoms with E-state index < -0.39 is 53.0 Å². The van der Waals surface area contributed by atoms with Crippen molar-refractivity contribution in [2.45, 2.75) is 65.0 Å². The van der Waals surface area contributed by atoms with Gasteiger partial charge < -0.3 is 24.0 Å². The molecule has 13 heteroatoms. The fourth-order valence-electron chi connectivity index (χ4n) is 4.31. The summed E-state index contributed by atoms with van der Waals surface area (Å²) in [7, 11) is 1.14. The van der Waals surface area contributed by atoms with E-state index in [1.807, 2.05) is 0 Å². The number of benzene rings is 2. The molecule has 0 bridgehead atoms. The van der Waals surface area contributed by atoms with Crippen LogP contribution in [0, 0.1) is 0 Å². The van der Waals surface area contributed by atoms with Crippen LogP contribution >= 0.6 is 0 Å². The summed E-state index contributed by atoms with van der Waals surface area (Å²) in [6, 6.07) is 7.50. The van der Waals surface area contributed by atoms with Crippen molar-refractivity contribution in [2.75, 3.05) is 32.1 Å². The maximum Gasteiger partial charge on any atom is 0.416 e. The Kier molecular flexibility index (Phi) is 9.67. The van der Waals surface area contributed by atoms with Gasteiger partial charge in [0.2, 0.25) is 0 Å². The first-order valence-corrected chi connectivity index (χ1v) is 13.5. The second kappa shape index (κ2) is 12.5. The Balaban J connectivity index is 2.04. The molecule has 0 aliphatic carbocycles. The first-order valence-electron chi connectivity index (χ1n) is 13.5. The molecular weight excluding hydrogens is 571 g/mol. The quantitative estimate of drug-likeness (QED) is 0.337. The van der Waals surface area contributed by atoms with Crippen LogP contribution in [-0.2, 0) is 25.2 Å². The van der Waals surface area contributed by atoms with Crippen LogP contribution in [0.2, 0.25) is 0 Å².